The molecule has 3 rings (SSSR count). The zero-order valence-corrected chi connectivity index (χ0v) is 16.4. The van der Waals surface area contributed by atoms with E-state index in [2.05, 4.69) is 10.3 Å². The van der Waals surface area contributed by atoms with Gasteiger partial charge in [0.2, 0.25) is 6.04 Å². The van der Waals surface area contributed by atoms with Gasteiger partial charge in [-0.1, -0.05) is 23.7 Å². The lowest BCUT2D eigenvalue weighted by atomic mass is 9.99. The fraction of sp³-hybridized carbons (Fsp3) is 0.200. The number of amides is 3. The highest BCUT2D eigenvalue weighted by Gasteiger charge is 2.40. The Morgan fingerprint density at radius 1 is 1.24 bits per heavy atom. The standard InChI is InChI=1S/C20H17ClFN3O4/c1-3-29-19(27)17-18(26)25(20(28)23-2)15-9-8-11(21)10-13(15)16(24-17)12-6-4-5-7-14(12)22/h4-10,17H,3H2,1-2H3,(H,23,28). The number of esters is 1. The van der Waals surface area contributed by atoms with E-state index < -0.39 is 29.8 Å². The van der Waals surface area contributed by atoms with Gasteiger partial charge in [0.25, 0.3) is 5.91 Å². The Labute approximate surface area is 171 Å². The van der Waals surface area contributed by atoms with Gasteiger partial charge in [-0.3, -0.25) is 9.79 Å². The predicted molar refractivity (Wildman–Crippen MR) is 106 cm³/mol. The van der Waals surface area contributed by atoms with Crippen LogP contribution in [0.3, 0.4) is 0 Å². The van der Waals surface area contributed by atoms with Crippen LogP contribution in [0.4, 0.5) is 14.9 Å². The van der Waals surface area contributed by atoms with Crippen molar-refractivity contribution in [2.75, 3.05) is 18.6 Å². The number of rotatable bonds is 3. The second-order valence-corrected chi connectivity index (χ2v) is 6.44. The average molecular weight is 418 g/mol. The molecule has 0 saturated carbocycles. The molecule has 1 unspecified atom stereocenters. The van der Waals surface area contributed by atoms with Crippen LogP contribution in [0.2, 0.25) is 5.02 Å². The van der Waals surface area contributed by atoms with E-state index in [-0.39, 0.29) is 34.2 Å². The van der Waals surface area contributed by atoms with Gasteiger partial charge in [0.05, 0.1) is 18.0 Å². The van der Waals surface area contributed by atoms with E-state index in [1.54, 1.807) is 13.0 Å². The maximum atomic E-state index is 14.6. The molecule has 1 N–H and O–H groups in total. The van der Waals surface area contributed by atoms with Crippen molar-refractivity contribution >= 4 is 40.9 Å². The van der Waals surface area contributed by atoms with Gasteiger partial charge in [-0.2, -0.15) is 0 Å². The van der Waals surface area contributed by atoms with E-state index in [0.29, 0.717) is 0 Å². The summed E-state index contributed by atoms with van der Waals surface area (Å²) in [5.41, 5.74) is 0.411. The average Bonchev–Trinajstić information content (AvgIpc) is 2.82. The SMILES string of the molecule is CCOC(=O)C1N=C(c2ccccc2F)c2cc(Cl)ccc2N(C(=O)NC)C1=O. The Hall–Kier alpha value is -3.26. The zero-order valence-electron chi connectivity index (χ0n) is 15.6. The Kier molecular flexibility index (Phi) is 5.93. The first-order valence-corrected chi connectivity index (χ1v) is 9.11. The van der Waals surface area contributed by atoms with E-state index in [0.717, 1.165) is 4.90 Å². The number of aliphatic imine (C=N–C) groups is 1. The van der Waals surface area contributed by atoms with E-state index in [4.69, 9.17) is 16.3 Å². The molecule has 1 atom stereocenters. The minimum absolute atomic E-state index is 0.00587. The molecule has 1 aliphatic rings. The summed E-state index contributed by atoms with van der Waals surface area (Å²) in [7, 11) is 1.34. The molecule has 1 aliphatic heterocycles. The molecule has 2 aromatic carbocycles. The lowest BCUT2D eigenvalue weighted by Crippen LogP contribution is -2.49. The molecule has 150 valence electrons. The lowest BCUT2D eigenvalue weighted by molar-refractivity contribution is -0.147. The fourth-order valence-electron chi connectivity index (χ4n) is 2.95. The molecule has 9 heteroatoms. The smallest absolute Gasteiger partial charge is 0.340 e. The van der Waals surface area contributed by atoms with Crippen LogP contribution in [0.5, 0.6) is 0 Å². The Morgan fingerprint density at radius 2 is 1.97 bits per heavy atom. The van der Waals surface area contributed by atoms with Crippen molar-refractivity contribution in [3.05, 3.63) is 64.4 Å². The van der Waals surface area contributed by atoms with Crippen molar-refractivity contribution < 1.29 is 23.5 Å². The summed E-state index contributed by atoms with van der Waals surface area (Å²) in [4.78, 5) is 43.1. The zero-order chi connectivity index (χ0) is 21.1. The molecule has 29 heavy (non-hydrogen) atoms. The topological polar surface area (TPSA) is 88.1 Å². The highest BCUT2D eigenvalue weighted by molar-refractivity contribution is 6.33. The van der Waals surface area contributed by atoms with Gasteiger partial charge in [0.1, 0.15) is 5.82 Å². The summed E-state index contributed by atoms with van der Waals surface area (Å²) in [6.45, 7) is 1.58. The Morgan fingerprint density at radius 3 is 2.62 bits per heavy atom. The summed E-state index contributed by atoms with van der Waals surface area (Å²) in [5, 5.41) is 2.65. The van der Waals surface area contributed by atoms with E-state index in [9.17, 15) is 18.8 Å². The summed E-state index contributed by atoms with van der Waals surface area (Å²) >= 11 is 6.12. The molecule has 7 nitrogen and oxygen atoms in total. The lowest BCUT2D eigenvalue weighted by Gasteiger charge is -2.22. The second kappa shape index (κ2) is 8.40. The van der Waals surface area contributed by atoms with E-state index in [1.165, 1.54) is 43.4 Å². The first-order chi connectivity index (χ1) is 13.9. The molecule has 0 spiro atoms. The number of fused-ring (bicyclic) bond motifs is 1. The maximum Gasteiger partial charge on any atom is 0.340 e. The summed E-state index contributed by atoms with van der Waals surface area (Å²) in [6.07, 6.45) is 0. The molecule has 0 saturated heterocycles. The fourth-order valence-corrected chi connectivity index (χ4v) is 3.12. The van der Waals surface area contributed by atoms with Crippen molar-refractivity contribution in [1.82, 2.24) is 5.32 Å². The van der Waals surface area contributed by atoms with Gasteiger partial charge in [-0.25, -0.2) is 18.9 Å². The quantitative estimate of drug-likeness (QED) is 0.614. The van der Waals surface area contributed by atoms with E-state index >= 15 is 0 Å². The third-order valence-electron chi connectivity index (χ3n) is 4.22. The van der Waals surface area contributed by atoms with Crippen LogP contribution in [-0.2, 0) is 14.3 Å². The molecule has 0 fully saturated rings. The second-order valence-electron chi connectivity index (χ2n) is 6.00. The molecule has 0 aliphatic carbocycles. The van der Waals surface area contributed by atoms with Gasteiger partial charge in [-0.15, -0.1) is 0 Å². The minimum Gasteiger partial charge on any atom is -0.464 e. The molecule has 1 heterocycles. The number of urea groups is 1. The van der Waals surface area contributed by atoms with Crippen LogP contribution in [0.1, 0.15) is 18.1 Å². The van der Waals surface area contributed by atoms with Gasteiger partial charge in [0.15, 0.2) is 0 Å². The van der Waals surface area contributed by atoms with Crippen molar-refractivity contribution in [2.45, 2.75) is 13.0 Å². The summed E-state index contributed by atoms with van der Waals surface area (Å²) < 4.78 is 19.5. The molecular weight excluding hydrogens is 401 g/mol. The number of anilines is 1. The number of benzene rings is 2. The van der Waals surface area contributed by atoms with Crippen molar-refractivity contribution in [2.24, 2.45) is 4.99 Å². The van der Waals surface area contributed by atoms with Crippen molar-refractivity contribution in [3.8, 4) is 0 Å². The van der Waals surface area contributed by atoms with Gasteiger partial charge >= 0.3 is 12.0 Å². The number of halogens is 2. The third kappa shape index (κ3) is 3.84. The first kappa shape index (κ1) is 20.5. The third-order valence-corrected chi connectivity index (χ3v) is 4.46. The largest absolute Gasteiger partial charge is 0.464 e. The number of ether oxygens (including phenoxy) is 1. The van der Waals surface area contributed by atoms with Crippen molar-refractivity contribution in [1.29, 1.82) is 0 Å². The number of imide groups is 1. The highest BCUT2D eigenvalue weighted by atomic mass is 35.5. The Bertz CT molecular complexity index is 1020. The number of nitrogens with one attached hydrogen (secondary N) is 1. The number of hydrogen-bond donors (Lipinski definition) is 1. The van der Waals surface area contributed by atoms with Crippen LogP contribution < -0.4 is 10.2 Å². The number of carbonyl (C=O) groups is 3. The molecular formula is C20H17ClFN3O4. The molecule has 0 radical (unpaired) electrons. The van der Waals surface area contributed by atoms with Crippen LogP contribution in [0.15, 0.2) is 47.5 Å². The normalized spacial score (nSPS) is 15.9. The minimum atomic E-state index is -1.69. The molecule has 0 bridgehead atoms. The first-order valence-electron chi connectivity index (χ1n) is 8.74. The van der Waals surface area contributed by atoms with Crippen LogP contribution in [0.25, 0.3) is 0 Å². The highest BCUT2D eigenvalue weighted by Crippen LogP contribution is 2.32. The van der Waals surface area contributed by atoms with Gasteiger partial charge in [-0.05, 0) is 37.3 Å². The van der Waals surface area contributed by atoms with Crippen molar-refractivity contribution in [3.63, 3.8) is 0 Å². The van der Waals surface area contributed by atoms with Gasteiger partial charge in [0, 0.05) is 23.2 Å². The van der Waals surface area contributed by atoms with Gasteiger partial charge < -0.3 is 10.1 Å². The summed E-state index contributed by atoms with van der Waals surface area (Å²) in [6, 6.07) is 7.69. The summed E-state index contributed by atoms with van der Waals surface area (Å²) in [5.74, 6) is -2.47. The predicted octanol–water partition coefficient (Wildman–Crippen LogP) is 2.93. The number of hydrogen-bond acceptors (Lipinski definition) is 5. The number of benzodiazepines with no additional fused rings is 1. The molecule has 2 aromatic rings. The number of carbonyl (C=O) groups excluding carboxylic acids is 3. The molecule has 0 aromatic heterocycles. The molecule has 3 amide bonds. The van der Waals surface area contributed by atoms with E-state index in [1.807, 2.05) is 0 Å². The monoisotopic (exact) mass is 417 g/mol. The van der Waals surface area contributed by atoms with Crippen LogP contribution >= 0.6 is 11.6 Å². The number of nitrogens with zero attached hydrogens (tertiary/aromatic N) is 2. The van der Waals surface area contributed by atoms with Crippen LogP contribution in [0, 0.1) is 5.82 Å². The maximum absolute atomic E-state index is 14.6. The Balaban J connectivity index is 2.34. The van der Waals surface area contributed by atoms with Crippen LogP contribution in [-0.4, -0.2) is 43.3 Å².